The fourth-order valence-electron chi connectivity index (χ4n) is 1.82. The highest BCUT2D eigenvalue weighted by atomic mass is 16.5. The van der Waals surface area contributed by atoms with Gasteiger partial charge in [-0.1, -0.05) is 12.1 Å². The molecule has 2 rings (SSSR count). The van der Waals surface area contributed by atoms with E-state index in [-0.39, 0.29) is 11.3 Å². The first kappa shape index (κ1) is 14.3. The quantitative estimate of drug-likeness (QED) is 0.499. The van der Waals surface area contributed by atoms with E-state index < -0.39 is 5.63 Å². The van der Waals surface area contributed by atoms with E-state index in [9.17, 15) is 9.90 Å². The van der Waals surface area contributed by atoms with Crippen molar-refractivity contribution in [1.82, 2.24) is 0 Å². The van der Waals surface area contributed by atoms with Gasteiger partial charge in [-0.2, -0.15) is 0 Å². The molecule has 1 heterocycles. The van der Waals surface area contributed by atoms with Gasteiger partial charge in [0, 0.05) is 26.0 Å². The number of rotatable bonds is 6. The number of ether oxygens (including phenoxy) is 1. The average molecular weight is 275 g/mol. The molecule has 5 heteroatoms. The predicted octanol–water partition coefficient (Wildman–Crippen LogP) is 2.34. The number of aliphatic imine (C=N–C) groups is 1. The second-order valence-electron chi connectivity index (χ2n) is 4.23. The van der Waals surface area contributed by atoms with E-state index in [1.54, 1.807) is 24.3 Å². The molecule has 0 fully saturated rings. The molecule has 0 saturated carbocycles. The zero-order valence-electron chi connectivity index (χ0n) is 11.3. The molecule has 0 unspecified atom stereocenters. The fraction of sp³-hybridized carbons (Fsp3) is 0.333. The molecule has 0 saturated heterocycles. The molecule has 0 atom stereocenters. The summed E-state index contributed by atoms with van der Waals surface area (Å²) in [5.41, 5.74) is -0.140. The Bertz CT molecular complexity index is 660. The van der Waals surface area contributed by atoms with Gasteiger partial charge in [-0.3, -0.25) is 4.99 Å². The number of nitrogens with zero attached hydrogens (tertiary/aromatic N) is 1. The first-order chi connectivity index (χ1) is 9.74. The van der Waals surface area contributed by atoms with Crippen LogP contribution in [0, 0.1) is 0 Å². The van der Waals surface area contributed by atoms with E-state index in [2.05, 4.69) is 4.99 Å². The second-order valence-corrected chi connectivity index (χ2v) is 4.23. The van der Waals surface area contributed by atoms with Gasteiger partial charge in [0.2, 0.25) is 0 Å². The highest BCUT2D eigenvalue weighted by Gasteiger charge is 2.11. The summed E-state index contributed by atoms with van der Waals surface area (Å²) in [5, 5.41) is 10.6. The maximum absolute atomic E-state index is 11.8. The van der Waals surface area contributed by atoms with Crippen LogP contribution in [-0.4, -0.2) is 31.1 Å². The van der Waals surface area contributed by atoms with E-state index >= 15 is 0 Å². The van der Waals surface area contributed by atoms with Gasteiger partial charge in [0.1, 0.15) is 16.9 Å². The third-order valence-corrected chi connectivity index (χ3v) is 2.82. The van der Waals surface area contributed by atoms with Crippen molar-refractivity contribution in [3.63, 3.8) is 0 Å². The van der Waals surface area contributed by atoms with Gasteiger partial charge in [0.15, 0.2) is 0 Å². The molecule has 0 amide bonds. The lowest BCUT2D eigenvalue weighted by Gasteiger charge is -2.02. The molecule has 1 aromatic carbocycles. The third-order valence-electron chi connectivity index (χ3n) is 2.82. The molecule has 106 valence electrons. The number of benzene rings is 1. The average Bonchev–Trinajstić information content (AvgIpc) is 2.45. The molecule has 0 radical (unpaired) electrons. The minimum Gasteiger partial charge on any atom is -0.506 e. The predicted molar refractivity (Wildman–Crippen MR) is 77.7 cm³/mol. The molecule has 2 aromatic rings. The van der Waals surface area contributed by atoms with E-state index in [4.69, 9.17) is 9.15 Å². The monoisotopic (exact) mass is 275 g/mol. The largest absolute Gasteiger partial charge is 0.506 e. The smallest absolute Gasteiger partial charge is 0.348 e. The fourth-order valence-corrected chi connectivity index (χ4v) is 1.82. The maximum atomic E-state index is 11.8. The van der Waals surface area contributed by atoms with Crippen LogP contribution >= 0.6 is 0 Å². The first-order valence-electron chi connectivity index (χ1n) is 6.56. The number of hydrogen-bond donors (Lipinski definition) is 1. The van der Waals surface area contributed by atoms with Crippen molar-refractivity contribution < 1.29 is 14.3 Å². The third kappa shape index (κ3) is 3.24. The summed E-state index contributed by atoms with van der Waals surface area (Å²) < 4.78 is 10.3. The number of hydrogen-bond acceptors (Lipinski definition) is 5. The maximum Gasteiger partial charge on any atom is 0.348 e. The molecule has 20 heavy (non-hydrogen) atoms. The standard InChI is InChI=1S/C15H17NO4/c1-2-19-9-5-8-16-10-12-14(17)11-6-3-4-7-13(11)20-15(12)18/h3-4,6-7,10,17H,2,5,8-9H2,1H3/b16-10+. The summed E-state index contributed by atoms with van der Waals surface area (Å²) in [6.45, 7) is 3.78. The molecular weight excluding hydrogens is 258 g/mol. The molecule has 5 nitrogen and oxygen atoms in total. The van der Waals surface area contributed by atoms with Crippen molar-refractivity contribution in [2.24, 2.45) is 4.99 Å². The van der Waals surface area contributed by atoms with Crippen LogP contribution in [0.15, 0.2) is 38.5 Å². The van der Waals surface area contributed by atoms with Gasteiger partial charge in [0.05, 0.1) is 5.39 Å². The second kappa shape index (κ2) is 6.86. The lowest BCUT2D eigenvalue weighted by molar-refractivity contribution is 0.146. The first-order valence-corrected chi connectivity index (χ1v) is 6.56. The highest BCUT2D eigenvalue weighted by molar-refractivity contribution is 5.93. The molecule has 0 spiro atoms. The van der Waals surface area contributed by atoms with Crippen molar-refractivity contribution in [3.8, 4) is 5.75 Å². The van der Waals surface area contributed by atoms with Crippen molar-refractivity contribution in [3.05, 3.63) is 40.2 Å². The minimum absolute atomic E-state index is 0.0834. The Morgan fingerprint density at radius 2 is 2.20 bits per heavy atom. The summed E-state index contributed by atoms with van der Waals surface area (Å²) >= 11 is 0. The molecule has 0 bridgehead atoms. The van der Waals surface area contributed by atoms with Crippen LogP contribution in [0.1, 0.15) is 18.9 Å². The highest BCUT2D eigenvalue weighted by Crippen LogP contribution is 2.24. The Labute approximate surface area is 116 Å². The molecule has 1 aromatic heterocycles. The Hall–Kier alpha value is -2.14. The summed E-state index contributed by atoms with van der Waals surface area (Å²) in [5.74, 6) is -0.0922. The lowest BCUT2D eigenvalue weighted by Crippen LogP contribution is -2.07. The van der Waals surface area contributed by atoms with Crippen LogP contribution in [0.25, 0.3) is 11.0 Å². The number of aromatic hydroxyl groups is 1. The molecule has 0 aliphatic heterocycles. The van der Waals surface area contributed by atoms with Crippen molar-refractivity contribution in [1.29, 1.82) is 0 Å². The van der Waals surface area contributed by atoms with Crippen LogP contribution < -0.4 is 5.63 Å². The summed E-state index contributed by atoms with van der Waals surface area (Å²) in [6, 6.07) is 6.84. The van der Waals surface area contributed by atoms with Crippen molar-refractivity contribution in [2.45, 2.75) is 13.3 Å². The van der Waals surface area contributed by atoms with Crippen LogP contribution in [0.4, 0.5) is 0 Å². The Morgan fingerprint density at radius 1 is 1.40 bits per heavy atom. The van der Waals surface area contributed by atoms with Crippen LogP contribution in [0.2, 0.25) is 0 Å². The van der Waals surface area contributed by atoms with Gasteiger partial charge in [-0.25, -0.2) is 4.79 Å². The van der Waals surface area contributed by atoms with Gasteiger partial charge in [-0.15, -0.1) is 0 Å². The van der Waals surface area contributed by atoms with Crippen LogP contribution in [-0.2, 0) is 4.74 Å². The lowest BCUT2D eigenvalue weighted by atomic mass is 10.1. The summed E-state index contributed by atoms with van der Waals surface area (Å²) in [6.07, 6.45) is 2.13. The van der Waals surface area contributed by atoms with E-state index in [1.807, 2.05) is 6.92 Å². The molecule has 1 N–H and O–H groups in total. The Morgan fingerprint density at radius 3 is 3.00 bits per heavy atom. The van der Waals surface area contributed by atoms with Gasteiger partial charge in [0.25, 0.3) is 0 Å². The molecular formula is C15H17NO4. The van der Waals surface area contributed by atoms with Gasteiger partial charge >= 0.3 is 5.63 Å². The van der Waals surface area contributed by atoms with E-state index in [0.29, 0.717) is 30.7 Å². The Kier molecular flexibility index (Phi) is 4.90. The normalized spacial score (nSPS) is 11.4. The van der Waals surface area contributed by atoms with E-state index in [0.717, 1.165) is 6.42 Å². The van der Waals surface area contributed by atoms with Crippen LogP contribution in [0.5, 0.6) is 5.75 Å². The van der Waals surface area contributed by atoms with Crippen LogP contribution in [0.3, 0.4) is 0 Å². The van der Waals surface area contributed by atoms with Gasteiger partial charge in [-0.05, 0) is 25.5 Å². The molecule has 0 aliphatic carbocycles. The number of fused-ring (bicyclic) bond motifs is 1. The van der Waals surface area contributed by atoms with Crippen molar-refractivity contribution >= 4 is 17.2 Å². The zero-order chi connectivity index (χ0) is 14.4. The minimum atomic E-state index is -0.588. The van der Waals surface area contributed by atoms with E-state index in [1.165, 1.54) is 6.21 Å². The van der Waals surface area contributed by atoms with Crippen molar-refractivity contribution in [2.75, 3.05) is 19.8 Å². The number of para-hydroxylation sites is 1. The summed E-state index contributed by atoms with van der Waals surface area (Å²) in [4.78, 5) is 15.9. The zero-order valence-corrected chi connectivity index (χ0v) is 11.3. The summed E-state index contributed by atoms with van der Waals surface area (Å²) in [7, 11) is 0. The SMILES string of the molecule is CCOCCC/N=C/c1c(O)c2ccccc2oc1=O. The van der Waals surface area contributed by atoms with Gasteiger partial charge < -0.3 is 14.3 Å². The topological polar surface area (TPSA) is 72.0 Å². The molecule has 0 aliphatic rings. The Balaban J connectivity index is 2.17.